The van der Waals surface area contributed by atoms with Crippen LogP contribution in [0, 0.1) is 5.82 Å². The van der Waals surface area contributed by atoms with Crippen LogP contribution in [0.3, 0.4) is 0 Å². The van der Waals surface area contributed by atoms with Gasteiger partial charge in [0.15, 0.2) is 0 Å². The Labute approximate surface area is 206 Å². The fraction of sp³-hybridized carbons (Fsp3) is 0.154. The van der Waals surface area contributed by atoms with E-state index in [1.54, 1.807) is 30.5 Å². The van der Waals surface area contributed by atoms with Gasteiger partial charge >= 0.3 is 0 Å². The smallest absolute Gasteiger partial charge is 0.249 e. The van der Waals surface area contributed by atoms with Crippen molar-refractivity contribution in [1.29, 1.82) is 0 Å². The van der Waals surface area contributed by atoms with Crippen LogP contribution >= 0.6 is 0 Å². The number of nitrogens with zero attached hydrogens (tertiary/aromatic N) is 3. The lowest BCUT2D eigenvalue weighted by atomic mass is 10.2. The Hall–Kier alpha value is -4.57. The lowest BCUT2D eigenvalue weighted by Gasteiger charge is -2.19. The van der Waals surface area contributed by atoms with Crippen LogP contribution in [0.4, 0.5) is 10.1 Å². The number of amides is 2. The largest absolute Gasteiger partial charge is 0.457 e. The van der Waals surface area contributed by atoms with E-state index >= 15 is 0 Å². The standard InChI is InChI=1S/C26H24FN5O4/c27-20-6-10-22(11-7-20)36-23-12-8-21(9-13-23)29-26(34)24(18-35-17-19-4-2-1-3-5-19)30-25(33)16-32-15-14-28-31-32/h1-15,24H,16-18H2,(H,29,34)(H,30,33). The highest BCUT2D eigenvalue weighted by Gasteiger charge is 2.22. The molecule has 184 valence electrons. The number of halogens is 1. The van der Waals surface area contributed by atoms with Gasteiger partial charge in [0.1, 0.15) is 29.9 Å². The summed E-state index contributed by atoms with van der Waals surface area (Å²) in [5.41, 5.74) is 1.45. The predicted molar refractivity (Wildman–Crippen MR) is 130 cm³/mol. The summed E-state index contributed by atoms with van der Waals surface area (Å²) in [7, 11) is 0. The highest BCUT2D eigenvalue weighted by atomic mass is 19.1. The summed E-state index contributed by atoms with van der Waals surface area (Å²) in [5.74, 6) is -0.201. The first kappa shape index (κ1) is 24.6. The summed E-state index contributed by atoms with van der Waals surface area (Å²) in [4.78, 5) is 25.5. The van der Waals surface area contributed by atoms with Gasteiger partial charge in [0.2, 0.25) is 11.8 Å². The van der Waals surface area contributed by atoms with Crippen molar-refractivity contribution >= 4 is 17.5 Å². The number of carbonyl (C=O) groups is 2. The minimum absolute atomic E-state index is 0.0322. The summed E-state index contributed by atoms with van der Waals surface area (Å²) in [6.07, 6.45) is 3.01. The SMILES string of the molecule is O=C(Cn1ccnn1)NC(COCc1ccccc1)C(=O)Nc1ccc(Oc2ccc(F)cc2)cc1. The second-order valence-electron chi connectivity index (χ2n) is 7.79. The Morgan fingerprint density at radius 1 is 0.944 bits per heavy atom. The van der Waals surface area contributed by atoms with Crippen molar-refractivity contribution in [2.45, 2.75) is 19.2 Å². The van der Waals surface area contributed by atoms with Gasteiger partial charge in [-0.3, -0.25) is 9.59 Å². The van der Waals surface area contributed by atoms with Crippen molar-refractivity contribution < 1.29 is 23.5 Å². The average molecular weight is 490 g/mol. The molecule has 0 radical (unpaired) electrons. The third-order valence-corrected chi connectivity index (χ3v) is 5.00. The zero-order valence-corrected chi connectivity index (χ0v) is 19.2. The van der Waals surface area contributed by atoms with Crippen LogP contribution in [-0.2, 0) is 27.5 Å². The average Bonchev–Trinajstić information content (AvgIpc) is 3.39. The number of nitrogens with one attached hydrogen (secondary N) is 2. The fourth-order valence-corrected chi connectivity index (χ4v) is 3.23. The van der Waals surface area contributed by atoms with Crippen LogP contribution in [0.2, 0.25) is 0 Å². The first-order valence-electron chi connectivity index (χ1n) is 11.1. The number of benzene rings is 3. The molecule has 0 bridgehead atoms. The van der Waals surface area contributed by atoms with Crippen molar-refractivity contribution in [3.05, 3.63) is 103 Å². The maximum absolute atomic E-state index is 13.1. The third kappa shape index (κ3) is 7.47. The Kier molecular flexibility index (Phi) is 8.34. The van der Waals surface area contributed by atoms with E-state index in [-0.39, 0.29) is 19.0 Å². The molecule has 0 fully saturated rings. The molecule has 0 aliphatic heterocycles. The van der Waals surface area contributed by atoms with Crippen LogP contribution in [0.15, 0.2) is 91.3 Å². The van der Waals surface area contributed by atoms with Gasteiger partial charge in [-0.15, -0.1) is 5.10 Å². The number of hydrogen-bond donors (Lipinski definition) is 2. The fourth-order valence-electron chi connectivity index (χ4n) is 3.23. The molecule has 9 nitrogen and oxygen atoms in total. The number of anilines is 1. The van der Waals surface area contributed by atoms with E-state index in [1.807, 2.05) is 30.3 Å². The number of aromatic nitrogens is 3. The molecule has 1 heterocycles. The maximum atomic E-state index is 13.1. The van der Waals surface area contributed by atoms with Crippen LogP contribution in [-0.4, -0.2) is 39.5 Å². The first-order chi connectivity index (χ1) is 17.5. The number of ether oxygens (including phenoxy) is 2. The van der Waals surface area contributed by atoms with Crippen molar-refractivity contribution in [1.82, 2.24) is 20.3 Å². The molecule has 0 spiro atoms. The topological polar surface area (TPSA) is 107 Å². The molecule has 0 saturated carbocycles. The Morgan fingerprint density at radius 3 is 2.31 bits per heavy atom. The van der Waals surface area contributed by atoms with Gasteiger partial charge in [-0.05, 0) is 54.1 Å². The molecule has 0 saturated heterocycles. The molecule has 1 unspecified atom stereocenters. The van der Waals surface area contributed by atoms with Crippen molar-refractivity contribution in [3.63, 3.8) is 0 Å². The van der Waals surface area contributed by atoms with Crippen LogP contribution in [0.1, 0.15) is 5.56 Å². The van der Waals surface area contributed by atoms with E-state index in [1.165, 1.54) is 35.1 Å². The lowest BCUT2D eigenvalue weighted by Crippen LogP contribution is -2.47. The molecule has 2 N–H and O–H groups in total. The van der Waals surface area contributed by atoms with Gasteiger partial charge in [0.25, 0.3) is 0 Å². The monoisotopic (exact) mass is 489 g/mol. The van der Waals surface area contributed by atoms with Crippen LogP contribution < -0.4 is 15.4 Å². The molecule has 1 aromatic heterocycles. The zero-order chi connectivity index (χ0) is 25.2. The normalized spacial score (nSPS) is 11.5. The number of carbonyl (C=O) groups excluding carboxylic acids is 2. The molecule has 1 atom stereocenters. The van der Waals surface area contributed by atoms with Gasteiger partial charge in [0, 0.05) is 11.9 Å². The van der Waals surface area contributed by atoms with E-state index in [0.717, 1.165) is 5.56 Å². The quantitative estimate of drug-likeness (QED) is 0.334. The Balaban J connectivity index is 1.36. The zero-order valence-electron chi connectivity index (χ0n) is 19.2. The van der Waals surface area contributed by atoms with E-state index in [9.17, 15) is 14.0 Å². The molecule has 0 aliphatic carbocycles. The van der Waals surface area contributed by atoms with E-state index < -0.39 is 17.9 Å². The first-order valence-corrected chi connectivity index (χ1v) is 11.1. The van der Waals surface area contributed by atoms with Gasteiger partial charge in [-0.25, -0.2) is 9.07 Å². The van der Waals surface area contributed by atoms with Crippen LogP contribution in [0.25, 0.3) is 0 Å². The lowest BCUT2D eigenvalue weighted by molar-refractivity contribution is -0.128. The maximum Gasteiger partial charge on any atom is 0.249 e. The van der Waals surface area contributed by atoms with Crippen molar-refractivity contribution in [2.24, 2.45) is 0 Å². The molecule has 0 aliphatic rings. The Bertz CT molecular complexity index is 1250. The molecule has 4 rings (SSSR count). The van der Waals surface area contributed by atoms with Gasteiger partial charge in [0.05, 0.1) is 19.4 Å². The minimum Gasteiger partial charge on any atom is -0.457 e. The highest BCUT2D eigenvalue weighted by molar-refractivity contribution is 5.97. The highest BCUT2D eigenvalue weighted by Crippen LogP contribution is 2.23. The van der Waals surface area contributed by atoms with E-state index in [0.29, 0.717) is 23.8 Å². The summed E-state index contributed by atoms with van der Waals surface area (Å²) >= 11 is 0. The molecule has 10 heteroatoms. The number of hydrogen-bond acceptors (Lipinski definition) is 6. The second-order valence-corrected chi connectivity index (χ2v) is 7.79. The third-order valence-electron chi connectivity index (χ3n) is 5.00. The predicted octanol–water partition coefficient (Wildman–Crippen LogP) is 3.55. The molecular weight excluding hydrogens is 465 g/mol. The second kappa shape index (κ2) is 12.2. The Morgan fingerprint density at radius 2 is 1.64 bits per heavy atom. The van der Waals surface area contributed by atoms with Crippen molar-refractivity contribution in [3.8, 4) is 11.5 Å². The van der Waals surface area contributed by atoms with Gasteiger partial charge in [-0.1, -0.05) is 35.5 Å². The summed E-state index contributed by atoms with van der Waals surface area (Å²) in [5, 5.41) is 12.9. The summed E-state index contributed by atoms with van der Waals surface area (Å²) in [6.45, 7) is 0.173. The van der Waals surface area contributed by atoms with E-state index in [4.69, 9.17) is 9.47 Å². The summed E-state index contributed by atoms with van der Waals surface area (Å²) < 4.78 is 25.8. The molecule has 36 heavy (non-hydrogen) atoms. The molecule has 3 aromatic carbocycles. The summed E-state index contributed by atoms with van der Waals surface area (Å²) in [6, 6.07) is 20.9. The number of rotatable bonds is 11. The van der Waals surface area contributed by atoms with Crippen molar-refractivity contribution in [2.75, 3.05) is 11.9 Å². The molecule has 4 aromatic rings. The minimum atomic E-state index is -0.945. The van der Waals surface area contributed by atoms with Gasteiger partial charge in [-0.2, -0.15) is 0 Å². The van der Waals surface area contributed by atoms with E-state index in [2.05, 4.69) is 20.9 Å². The van der Waals surface area contributed by atoms with Crippen LogP contribution in [0.5, 0.6) is 11.5 Å². The van der Waals surface area contributed by atoms with Gasteiger partial charge < -0.3 is 20.1 Å². The molecule has 2 amide bonds. The molecular formula is C26H24FN5O4.